The quantitative estimate of drug-likeness (QED) is 0.610. The van der Waals surface area contributed by atoms with Crippen LogP contribution in [0, 0.1) is 6.92 Å². The van der Waals surface area contributed by atoms with Crippen molar-refractivity contribution in [3.63, 3.8) is 0 Å². The van der Waals surface area contributed by atoms with Gasteiger partial charge in [0.15, 0.2) is 0 Å². The Labute approximate surface area is 175 Å². The largest absolute Gasteiger partial charge is 0.464 e. The highest BCUT2D eigenvalue weighted by molar-refractivity contribution is 6.33. The minimum Gasteiger partial charge on any atom is -0.464 e. The van der Waals surface area contributed by atoms with Crippen molar-refractivity contribution in [1.29, 1.82) is 0 Å². The number of carbonyl (C=O) groups excluding carboxylic acids is 2. The number of furan rings is 1. The van der Waals surface area contributed by atoms with E-state index in [1.807, 2.05) is 49.4 Å². The van der Waals surface area contributed by atoms with Gasteiger partial charge in [0.05, 0.1) is 29.6 Å². The Morgan fingerprint density at radius 3 is 2.38 bits per heavy atom. The first-order valence-electron chi connectivity index (χ1n) is 9.33. The van der Waals surface area contributed by atoms with Gasteiger partial charge in [-0.25, -0.2) is 0 Å². The van der Waals surface area contributed by atoms with Gasteiger partial charge in [0.25, 0.3) is 5.91 Å². The summed E-state index contributed by atoms with van der Waals surface area (Å²) in [6, 6.07) is 19.5. The number of benzene rings is 2. The molecule has 0 aliphatic carbocycles. The average molecular weight is 411 g/mol. The number of hydrogen-bond acceptors (Lipinski definition) is 3. The van der Waals surface area contributed by atoms with Crippen LogP contribution in [0.5, 0.6) is 0 Å². The molecule has 1 aromatic heterocycles. The van der Waals surface area contributed by atoms with Crippen LogP contribution in [0.1, 0.15) is 39.9 Å². The summed E-state index contributed by atoms with van der Waals surface area (Å²) >= 11 is 6.15. The second kappa shape index (κ2) is 9.43. The summed E-state index contributed by atoms with van der Waals surface area (Å²) in [5, 5.41) is 3.32. The van der Waals surface area contributed by atoms with Gasteiger partial charge >= 0.3 is 0 Å². The first-order valence-corrected chi connectivity index (χ1v) is 9.71. The number of hydrogen-bond donors (Lipinski definition) is 1. The van der Waals surface area contributed by atoms with Crippen molar-refractivity contribution in [2.24, 2.45) is 0 Å². The number of nitrogens with one attached hydrogen (secondary N) is 1. The molecule has 150 valence electrons. The Hall–Kier alpha value is -3.05. The molecular formula is C23H23ClN2O3. The molecule has 0 radical (unpaired) electrons. The molecule has 6 heteroatoms. The highest BCUT2D eigenvalue weighted by Gasteiger charge is 2.22. The van der Waals surface area contributed by atoms with E-state index < -0.39 is 6.04 Å². The Morgan fingerprint density at radius 1 is 1.03 bits per heavy atom. The molecule has 2 aromatic carbocycles. The first kappa shape index (κ1) is 20.7. The first-order chi connectivity index (χ1) is 13.9. The lowest BCUT2D eigenvalue weighted by Crippen LogP contribution is -2.34. The van der Waals surface area contributed by atoms with Crippen LogP contribution in [0.15, 0.2) is 71.1 Å². The summed E-state index contributed by atoms with van der Waals surface area (Å²) in [5.74, 6) is 1.10. The molecule has 1 N–H and O–H groups in total. The summed E-state index contributed by atoms with van der Waals surface area (Å²) < 4.78 is 5.55. The van der Waals surface area contributed by atoms with Crippen molar-refractivity contribution in [3.05, 3.63) is 94.4 Å². The number of carbonyl (C=O) groups is 2. The predicted molar refractivity (Wildman–Crippen MR) is 113 cm³/mol. The van der Waals surface area contributed by atoms with Gasteiger partial charge in [-0.2, -0.15) is 0 Å². The van der Waals surface area contributed by atoms with Gasteiger partial charge in [-0.1, -0.05) is 54.1 Å². The lowest BCUT2D eigenvalue weighted by atomic mass is 10.0. The molecule has 0 fully saturated rings. The van der Waals surface area contributed by atoms with E-state index in [4.69, 9.17) is 16.0 Å². The maximum absolute atomic E-state index is 12.8. The molecule has 0 spiro atoms. The minimum absolute atomic E-state index is 0.104. The maximum Gasteiger partial charge on any atom is 0.253 e. The number of nitrogens with zero attached hydrogens (tertiary/aromatic N) is 1. The van der Waals surface area contributed by atoms with Gasteiger partial charge in [-0.3, -0.25) is 9.59 Å². The standard InChI is InChI=1S/C23H23ClN2O3/c1-16-12-13-18(29-16)15-26(2)22(27)14-21(17-8-4-3-5-9-17)25-23(28)19-10-6-7-11-20(19)24/h3-13,21H,14-15H2,1-2H3,(H,25,28). The van der Waals surface area contributed by atoms with Crippen molar-refractivity contribution < 1.29 is 14.0 Å². The summed E-state index contributed by atoms with van der Waals surface area (Å²) in [5.41, 5.74) is 1.23. The van der Waals surface area contributed by atoms with Crippen LogP contribution < -0.4 is 5.32 Å². The molecular weight excluding hydrogens is 388 g/mol. The van der Waals surface area contributed by atoms with Gasteiger partial charge < -0.3 is 14.6 Å². The number of rotatable bonds is 7. The minimum atomic E-state index is -0.478. The fourth-order valence-corrected chi connectivity index (χ4v) is 3.26. The third-order valence-corrected chi connectivity index (χ3v) is 4.95. The highest BCUT2D eigenvalue weighted by Crippen LogP contribution is 2.21. The predicted octanol–water partition coefficient (Wildman–Crippen LogP) is 4.76. The fourth-order valence-electron chi connectivity index (χ4n) is 3.04. The summed E-state index contributed by atoms with van der Waals surface area (Å²) in [6.07, 6.45) is 0.121. The van der Waals surface area contributed by atoms with E-state index in [9.17, 15) is 9.59 Å². The zero-order chi connectivity index (χ0) is 20.8. The zero-order valence-corrected chi connectivity index (χ0v) is 17.1. The van der Waals surface area contributed by atoms with E-state index in [0.29, 0.717) is 17.1 Å². The Kier molecular flexibility index (Phi) is 6.73. The molecule has 2 amide bonds. The van der Waals surface area contributed by atoms with E-state index in [1.54, 1.807) is 36.2 Å². The van der Waals surface area contributed by atoms with E-state index in [1.165, 1.54) is 0 Å². The Bertz CT molecular complexity index is 985. The number of halogens is 1. The third kappa shape index (κ3) is 5.48. The molecule has 0 bridgehead atoms. The van der Waals surface area contributed by atoms with E-state index in [0.717, 1.165) is 17.1 Å². The Morgan fingerprint density at radius 2 is 1.72 bits per heavy atom. The van der Waals surface area contributed by atoms with Gasteiger partial charge in [-0.15, -0.1) is 0 Å². The topological polar surface area (TPSA) is 62.6 Å². The van der Waals surface area contributed by atoms with Crippen LogP contribution in [-0.2, 0) is 11.3 Å². The molecule has 0 aliphatic heterocycles. The van der Waals surface area contributed by atoms with E-state index in [2.05, 4.69) is 5.32 Å². The van der Waals surface area contributed by atoms with Crippen molar-refractivity contribution in [1.82, 2.24) is 10.2 Å². The Balaban J connectivity index is 1.74. The summed E-state index contributed by atoms with van der Waals surface area (Å²) in [7, 11) is 1.72. The van der Waals surface area contributed by atoms with Gasteiger partial charge in [-0.05, 0) is 36.8 Å². The lowest BCUT2D eigenvalue weighted by Gasteiger charge is -2.23. The highest BCUT2D eigenvalue weighted by atomic mass is 35.5. The van der Waals surface area contributed by atoms with E-state index in [-0.39, 0.29) is 18.2 Å². The maximum atomic E-state index is 12.8. The van der Waals surface area contributed by atoms with Gasteiger partial charge in [0.2, 0.25) is 5.91 Å². The van der Waals surface area contributed by atoms with Crippen LogP contribution >= 0.6 is 11.6 Å². The van der Waals surface area contributed by atoms with Crippen LogP contribution in [0.2, 0.25) is 5.02 Å². The van der Waals surface area contributed by atoms with Gasteiger partial charge in [0, 0.05) is 7.05 Å². The molecule has 1 heterocycles. The van der Waals surface area contributed by atoms with Crippen molar-refractivity contribution >= 4 is 23.4 Å². The molecule has 29 heavy (non-hydrogen) atoms. The fraction of sp³-hybridized carbons (Fsp3) is 0.217. The second-order valence-corrected chi connectivity index (χ2v) is 7.29. The summed E-state index contributed by atoms with van der Waals surface area (Å²) in [6.45, 7) is 2.23. The van der Waals surface area contributed by atoms with Crippen molar-refractivity contribution in [2.75, 3.05) is 7.05 Å². The zero-order valence-electron chi connectivity index (χ0n) is 16.4. The van der Waals surface area contributed by atoms with Crippen molar-refractivity contribution in [3.8, 4) is 0 Å². The molecule has 3 aromatic rings. The molecule has 0 saturated heterocycles. The molecule has 0 saturated carbocycles. The smallest absolute Gasteiger partial charge is 0.253 e. The molecule has 5 nitrogen and oxygen atoms in total. The normalized spacial score (nSPS) is 11.7. The van der Waals surface area contributed by atoms with Gasteiger partial charge in [0.1, 0.15) is 11.5 Å². The van der Waals surface area contributed by atoms with Crippen LogP contribution in [0.4, 0.5) is 0 Å². The van der Waals surface area contributed by atoms with Crippen LogP contribution in [-0.4, -0.2) is 23.8 Å². The molecule has 3 rings (SSSR count). The number of aryl methyl sites for hydroxylation is 1. The summed E-state index contributed by atoms with van der Waals surface area (Å²) in [4.78, 5) is 27.2. The monoisotopic (exact) mass is 410 g/mol. The number of amides is 2. The molecule has 1 atom stereocenters. The molecule has 1 unspecified atom stereocenters. The van der Waals surface area contributed by atoms with Crippen LogP contribution in [0.25, 0.3) is 0 Å². The lowest BCUT2D eigenvalue weighted by molar-refractivity contribution is -0.131. The molecule has 0 aliphatic rings. The second-order valence-electron chi connectivity index (χ2n) is 6.88. The van der Waals surface area contributed by atoms with Crippen LogP contribution in [0.3, 0.4) is 0 Å². The van der Waals surface area contributed by atoms with E-state index >= 15 is 0 Å². The SMILES string of the molecule is Cc1ccc(CN(C)C(=O)CC(NC(=O)c2ccccc2Cl)c2ccccc2)o1. The van der Waals surface area contributed by atoms with Crippen molar-refractivity contribution in [2.45, 2.75) is 25.9 Å². The average Bonchev–Trinajstić information content (AvgIpc) is 3.12. The third-order valence-electron chi connectivity index (χ3n) is 4.62.